The highest BCUT2D eigenvalue weighted by molar-refractivity contribution is 6.30. The van der Waals surface area contributed by atoms with E-state index in [1.54, 1.807) is 0 Å². The van der Waals surface area contributed by atoms with E-state index in [0.29, 0.717) is 0 Å². The first-order chi connectivity index (χ1) is 10.6. The molecule has 1 heteroatoms. The van der Waals surface area contributed by atoms with Crippen LogP contribution in [0.5, 0.6) is 0 Å². The third kappa shape index (κ3) is 3.08. The second kappa shape index (κ2) is 6.37. The van der Waals surface area contributed by atoms with E-state index in [1.807, 2.05) is 12.1 Å². The van der Waals surface area contributed by atoms with Gasteiger partial charge in [-0.3, -0.25) is 0 Å². The van der Waals surface area contributed by atoms with Gasteiger partial charge in [0.15, 0.2) is 0 Å². The molecule has 0 amide bonds. The molecular formula is C21H19Cl. The van der Waals surface area contributed by atoms with Gasteiger partial charge in [-0.25, -0.2) is 0 Å². The van der Waals surface area contributed by atoms with E-state index in [9.17, 15) is 0 Å². The van der Waals surface area contributed by atoms with E-state index < -0.39 is 0 Å². The zero-order chi connectivity index (χ0) is 15.5. The molecule has 0 aliphatic heterocycles. The van der Waals surface area contributed by atoms with Gasteiger partial charge in [0.2, 0.25) is 0 Å². The summed E-state index contributed by atoms with van der Waals surface area (Å²) in [5.74, 6) is 0.234. The zero-order valence-electron chi connectivity index (χ0n) is 12.9. The summed E-state index contributed by atoms with van der Waals surface area (Å²) in [4.78, 5) is 0. The zero-order valence-corrected chi connectivity index (χ0v) is 13.6. The van der Waals surface area contributed by atoms with Crippen molar-refractivity contribution in [2.45, 2.75) is 19.8 Å². The summed E-state index contributed by atoms with van der Waals surface area (Å²) >= 11 is 6.05. The second-order valence-electron chi connectivity index (χ2n) is 5.74. The van der Waals surface area contributed by atoms with Gasteiger partial charge in [0.1, 0.15) is 0 Å². The van der Waals surface area contributed by atoms with Crippen LogP contribution in [0.1, 0.15) is 33.7 Å². The first-order valence-electron chi connectivity index (χ1n) is 7.53. The Labute approximate surface area is 137 Å². The largest absolute Gasteiger partial charge is 0.0843 e. The van der Waals surface area contributed by atoms with Gasteiger partial charge in [-0.15, -0.1) is 0 Å². The number of hydrogen-bond donors (Lipinski definition) is 0. The molecule has 0 heterocycles. The maximum Gasteiger partial charge on any atom is 0.0406 e. The molecule has 110 valence electrons. The quantitative estimate of drug-likeness (QED) is 0.510. The summed E-state index contributed by atoms with van der Waals surface area (Å²) in [6, 6.07) is 25.5. The van der Waals surface area contributed by atoms with Crippen molar-refractivity contribution in [2.24, 2.45) is 0 Å². The van der Waals surface area contributed by atoms with E-state index in [1.165, 1.54) is 27.8 Å². The second-order valence-corrected chi connectivity index (χ2v) is 6.18. The topological polar surface area (TPSA) is 0 Å². The number of halogens is 1. The van der Waals surface area contributed by atoms with Gasteiger partial charge in [0, 0.05) is 10.9 Å². The minimum Gasteiger partial charge on any atom is -0.0843 e. The predicted octanol–water partition coefficient (Wildman–Crippen LogP) is 6.14. The highest BCUT2D eigenvalue weighted by atomic mass is 35.5. The van der Waals surface area contributed by atoms with E-state index in [-0.39, 0.29) is 5.92 Å². The highest BCUT2D eigenvalue weighted by Crippen LogP contribution is 2.33. The lowest BCUT2D eigenvalue weighted by Gasteiger charge is -2.20. The van der Waals surface area contributed by atoms with Crippen molar-refractivity contribution in [3.63, 3.8) is 0 Å². The molecular weight excluding hydrogens is 288 g/mol. The molecule has 22 heavy (non-hydrogen) atoms. The molecule has 0 aromatic heterocycles. The molecule has 0 radical (unpaired) electrons. The Bertz CT molecular complexity index is 758. The summed E-state index contributed by atoms with van der Waals surface area (Å²) in [5, 5.41) is 0.774. The Balaban J connectivity index is 2.14. The minimum atomic E-state index is 0.234. The number of hydrogen-bond acceptors (Lipinski definition) is 0. The van der Waals surface area contributed by atoms with Crippen LogP contribution in [0.15, 0.2) is 72.8 Å². The first kappa shape index (κ1) is 14.9. The van der Waals surface area contributed by atoms with Gasteiger partial charge in [-0.1, -0.05) is 72.3 Å². The Morgan fingerprint density at radius 3 is 1.86 bits per heavy atom. The van der Waals surface area contributed by atoms with Crippen LogP contribution in [-0.4, -0.2) is 0 Å². The first-order valence-corrected chi connectivity index (χ1v) is 7.90. The third-order valence-electron chi connectivity index (χ3n) is 4.20. The average molecular weight is 307 g/mol. The van der Waals surface area contributed by atoms with Gasteiger partial charge < -0.3 is 0 Å². The summed E-state index contributed by atoms with van der Waals surface area (Å²) in [7, 11) is 0. The predicted molar refractivity (Wildman–Crippen MR) is 94.8 cm³/mol. The molecule has 3 aromatic rings. The Morgan fingerprint density at radius 2 is 1.23 bits per heavy atom. The molecule has 1 unspecified atom stereocenters. The summed E-state index contributed by atoms with van der Waals surface area (Å²) in [6.07, 6.45) is 0. The smallest absolute Gasteiger partial charge is 0.0406 e. The van der Waals surface area contributed by atoms with Crippen LogP contribution < -0.4 is 0 Å². The lowest BCUT2D eigenvalue weighted by molar-refractivity contribution is 0.972. The normalized spacial score (nSPS) is 12.1. The van der Waals surface area contributed by atoms with E-state index in [2.05, 4.69) is 74.5 Å². The molecule has 3 rings (SSSR count). The maximum absolute atomic E-state index is 6.05. The number of benzene rings is 3. The Hall–Kier alpha value is -2.05. The van der Waals surface area contributed by atoms with Crippen LogP contribution in [0.25, 0.3) is 0 Å². The van der Waals surface area contributed by atoms with Crippen molar-refractivity contribution < 1.29 is 0 Å². The standard InChI is InChI=1S/C21H19Cl/c1-15-8-9-19(14-16(15)2)21(17-6-4-3-5-7-17)18-10-12-20(22)13-11-18/h3-14,21H,1-2H3. The van der Waals surface area contributed by atoms with Gasteiger partial charge in [-0.05, 0) is 53.8 Å². The summed E-state index contributed by atoms with van der Waals surface area (Å²) in [5.41, 5.74) is 6.53. The van der Waals surface area contributed by atoms with Crippen LogP contribution in [0, 0.1) is 13.8 Å². The van der Waals surface area contributed by atoms with Crippen molar-refractivity contribution in [1.82, 2.24) is 0 Å². The van der Waals surface area contributed by atoms with Crippen LogP contribution in [0.4, 0.5) is 0 Å². The molecule has 3 aromatic carbocycles. The molecule has 0 aliphatic rings. The highest BCUT2D eigenvalue weighted by Gasteiger charge is 2.16. The van der Waals surface area contributed by atoms with Crippen molar-refractivity contribution in [3.05, 3.63) is 106 Å². The minimum absolute atomic E-state index is 0.234. The van der Waals surface area contributed by atoms with E-state index >= 15 is 0 Å². The third-order valence-corrected chi connectivity index (χ3v) is 4.45. The molecule has 0 spiro atoms. The fourth-order valence-corrected chi connectivity index (χ4v) is 2.95. The summed E-state index contributed by atoms with van der Waals surface area (Å²) < 4.78 is 0. The summed E-state index contributed by atoms with van der Waals surface area (Å²) in [6.45, 7) is 4.32. The van der Waals surface area contributed by atoms with Crippen molar-refractivity contribution in [3.8, 4) is 0 Å². The van der Waals surface area contributed by atoms with Crippen molar-refractivity contribution in [1.29, 1.82) is 0 Å². The molecule has 0 nitrogen and oxygen atoms in total. The van der Waals surface area contributed by atoms with Crippen LogP contribution in [0.3, 0.4) is 0 Å². The van der Waals surface area contributed by atoms with E-state index in [0.717, 1.165) is 5.02 Å². The van der Waals surface area contributed by atoms with Crippen molar-refractivity contribution >= 4 is 11.6 Å². The monoisotopic (exact) mass is 306 g/mol. The molecule has 0 aliphatic carbocycles. The number of aryl methyl sites for hydroxylation is 2. The van der Waals surface area contributed by atoms with Crippen LogP contribution >= 0.6 is 11.6 Å². The molecule has 1 atom stereocenters. The average Bonchev–Trinajstić information content (AvgIpc) is 2.54. The lowest BCUT2D eigenvalue weighted by atomic mass is 9.84. The fraction of sp³-hybridized carbons (Fsp3) is 0.143. The van der Waals surface area contributed by atoms with E-state index in [4.69, 9.17) is 11.6 Å². The fourth-order valence-electron chi connectivity index (χ4n) is 2.82. The molecule has 0 saturated carbocycles. The van der Waals surface area contributed by atoms with Gasteiger partial charge in [0.25, 0.3) is 0 Å². The number of rotatable bonds is 3. The van der Waals surface area contributed by atoms with Gasteiger partial charge in [-0.2, -0.15) is 0 Å². The van der Waals surface area contributed by atoms with Crippen LogP contribution in [-0.2, 0) is 0 Å². The maximum atomic E-state index is 6.05. The molecule has 0 N–H and O–H groups in total. The Morgan fingerprint density at radius 1 is 0.636 bits per heavy atom. The SMILES string of the molecule is Cc1ccc(C(c2ccccc2)c2ccc(Cl)cc2)cc1C. The molecule has 0 saturated heterocycles. The Kier molecular flexibility index (Phi) is 4.31. The molecule has 0 bridgehead atoms. The van der Waals surface area contributed by atoms with Gasteiger partial charge >= 0.3 is 0 Å². The van der Waals surface area contributed by atoms with Crippen LogP contribution in [0.2, 0.25) is 5.02 Å². The lowest BCUT2D eigenvalue weighted by Crippen LogP contribution is -2.04. The van der Waals surface area contributed by atoms with Crippen molar-refractivity contribution in [2.75, 3.05) is 0 Å². The molecule has 0 fully saturated rings. The van der Waals surface area contributed by atoms with Gasteiger partial charge in [0.05, 0.1) is 0 Å².